The number of hydrogen-bond donors (Lipinski definition) is 0. The Morgan fingerprint density at radius 3 is 1.96 bits per heavy atom. The molecule has 0 aliphatic rings. The Kier molecular flexibility index (Phi) is 4.93. The van der Waals surface area contributed by atoms with Gasteiger partial charge in [-0.15, -0.1) is 0 Å². The van der Waals surface area contributed by atoms with E-state index in [1.165, 1.54) is 27.4 Å². The van der Waals surface area contributed by atoms with Crippen LogP contribution in [0.4, 0.5) is 0 Å². The van der Waals surface area contributed by atoms with Crippen LogP contribution in [0, 0.1) is 0 Å². The van der Waals surface area contributed by atoms with Crippen LogP contribution in [0.5, 0.6) is 0 Å². The normalized spacial score (nSPS) is 11.4. The summed E-state index contributed by atoms with van der Waals surface area (Å²) in [5, 5.41) is 2.52. The molecule has 0 saturated carbocycles. The van der Waals surface area contributed by atoms with Crippen molar-refractivity contribution < 1.29 is 4.74 Å². The largest absolute Gasteiger partial charge is 0.375 e. The molecule has 2 nitrogen and oxygen atoms in total. The molecule has 0 radical (unpaired) electrons. The first-order chi connectivity index (χ1) is 12.2. The number of ether oxygens (including phenoxy) is 1. The smallest absolute Gasteiger partial charge is 0.0717 e. The summed E-state index contributed by atoms with van der Waals surface area (Å²) < 4.78 is 10.4. The number of halogens is 2. The van der Waals surface area contributed by atoms with Crippen molar-refractivity contribution in [3.05, 3.63) is 81.2 Å². The fourth-order valence-electron chi connectivity index (χ4n) is 3.21. The van der Waals surface area contributed by atoms with Crippen molar-refractivity contribution in [3.63, 3.8) is 0 Å². The van der Waals surface area contributed by atoms with Gasteiger partial charge in [-0.3, -0.25) is 0 Å². The molecule has 4 aromatic rings. The van der Waals surface area contributed by atoms with Gasteiger partial charge < -0.3 is 9.30 Å². The lowest BCUT2D eigenvalue weighted by molar-refractivity contribution is 0.114. The van der Waals surface area contributed by atoms with Gasteiger partial charge in [0.15, 0.2) is 0 Å². The average Bonchev–Trinajstić information content (AvgIpc) is 2.92. The molecule has 0 amide bonds. The number of rotatable bonds is 5. The van der Waals surface area contributed by atoms with E-state index in [1.807, 2.05) is 18.2 Å². The van der Waals surface area contributed by atoms with Crippen LogP contribution in [0.15, 0.2) is 75.7 Å². The van der Waals surface area contributed by atoms with Gasteiger partial charge >= 0.3 is 0 Å². The third kappa shape index (κ3) is 3.52. The molecule has 0 unspecified atom stereocenters. The summed E-state index contributed by atoms with van der Waals surface area (Å²) in [6.45, 7) is 2.16. The lowest BCUT2D eigenvalue weighted by atomic mass is 10.2. The van der Waals surface area contributed by atoms with Gasteiger partial charge in [-0.05, 0) is 42.0 Å². The third-order valence-corrected chi connectivity index (χ3v) is 5.35. The van der Waals surface area contributed by atoms with Crippen LogP contribution in [0.2, 0.25) is 0 Å². The Bertz CT molecular complexity index is 965. The predicted molar refractivity (Wildman–Crippen MR) is 111 cm³/mol. The van der Waals surface area contributed by atoms with E-state index in [0.29, 0.717) is 13.2 Å². The SMILES string of the molecule is Brc1ccc2c(c1)c1cc(Br)ccc1n2CCOCc1ccccc1. The van der Waals surface area contributed by atoms with E-state index in [-0.39, 0.29) is 0 Å². The summed E-state index contributed by atoms with van der Waals surface area (Å²) in [6, 6.07) is 23.2. The second-order valence-electron chi connectivity index (χ2n) is 6.01. The van der Waals surface area contributed by atoms with Crippen LogP contribution in [0.3, 0.4) is 0 Å². The van der Waals surface area contributed by atoms with Crippen LogP contribution in [0.25, 0.3) is 21.8 Å². The van der Waals surface area contributed by atoms with Crippen molar-refractivity contribution in [2.24, 2.45) is 0 Å². The first kappa shape index (κ1) is 16.8. The fraction of sp³-hybridized carbons (Fsp3) is 0.143. The lowest BCUT2D eigenvalue weighted by Gasteiger charge is -2.09. The molecule has 126 valence electrons. The molecule has 4 rings (SSSR count). The summed E-state index contributed by atoms with van der Waals surface area (Å²) in [7, 11) is 0. The molecule has 1 aromatic heterocycles. The minimum Gasteiger partial charge on any atom is -0.375 e. The fourth-order valence-corrected chi connectivity index (χ4v) is 3.93. The number of fused-ring (bicyclic) bond motifs is 3. The highest BCUT2D eigenvalue weighted by Crippen LogP contribution is 2.32. The van der Waals surface area contributed by atoms with E-state index in [0.717, 1.165) is 15.5 Å². The second kappa shape index (κ2) is 7.32. The molecule has 0 atom stereocenters. The van der Waals surface area contributed by atoms with Gasteiger partial charge in [-0.1, -0.05) is 62.2 Å². The number of aromatic nitrogens is 1. The summed E-state index contributed by atoms with van der Waals surface area (Å²) in [5.41, 5.74) is 3.68. The van der Waals surface area contributed by atoms with Gasteiger partial charge in [-0.2, -0.15) is 0 Å². The van der Waals surface area contributed by atoms with Gasteiger partial charge in [0.05, 0.1) is 13.2 Å². The third-order valence-electron chi connectivity index (χ3n) is 4.36. The number of benzene rings is 3. The standard InChI is InChI=1S/C21H17Br2NO/c22-16-6-8-20-18(12-16)19-13-17(23)7-9-21(19)24(20)10-11-25-14-15-4-2-1-3-5-15/h1-9,12-13H,10-11,14H2. The highest BCUT2D eigenvalue weighted by molar-refractivity contribution is 9.10. The highest BCUT2D eigenvalue weighted by Gasteiger charge is 2.11. The van der Waals surface area contributed by atoms with Crippen molar-refractivity contribution in [1.82, 2.24) is 4.57 Å². The molecule has 3 aromatic carbocycles. The second-order valence-corrected chi connectivity index (χ2v) is 7.84. The maximum atomic E-state index is 5.90. The van der Waals surface area contributed by atoms with Gasteiger partial charge in [0.1, 0.15) is 0 Å². The summed E-state index contributed by atoms with van der Waals surface area (Å²) >= 11 is 7.18. The van der Waals surface area contributed by atoms with Crippen molar-refractivity contribution in [2.45, 2.75) is 13.2 Å². The molecule has 0 N–H and O–H groups in total. The number of hydrogen-bond acceptors (Lipinski definition) is 1. The van der Waals surface area contributed by atoms with Crippen LogP contribution >= 0.6 is 31.9 Å². The van der Waals surface area contributed by atoms with Crippen LogP contribution < -0.4 is 0 Å². The minimum absolute atomic E-state index is 0.648. The van der Waals surface area contributed by atoms with Crippen molar-refractivity contribution >= 4 is 53.7 Å². The van der Waals surface area contributed by atoms with Crippen LogP contribution in [-0.4, -0.2) is 11.2 Å². The predicted octanol–water partition coefficient (Wildman–Crippen LogP) is 6.54. The van der Waals surface area contributed by atoms with E-state index < -0.39 is 0 Å². The number of nitrogens with zero attached hydrogens (tertiary/aromatic N) is 1. The molecule has 4 heteroatoms. The average molecular weight is 459 g/mol. The highest BCUT2D eigenvalue weighted by atomic mass is 79.9. The molecular weight excluding hydrogens is 442 g/mol. The Hall–Kier alpha value is -1.62. The Labute approximate surface area is 163 Å². The van der Waals surface area contributed by atoms with Crippen molar-refractivity contribution in [3.8, 4) is 0 Å². The summed E-state index contributed by atoms with van der Waals surface area (Å²) in [6.07, 6.45) is 0. The molecule has 25 heavy (non-hydrogen) atoms. The van der Waals surface area contributed by atoms with Gasteiger partial charge in [0.2, 0.25) is 0 Å². The molecule has 0 aliphatic heterocycles. The summed E-state index contributed by atoms with van der Waals surface area (Å²) in [5.74, 6) is 0. The van der Waals surface area contributed by atoms with Crippen LogP contribution in [0.1, 0.15) is 5.56 Å². The zero-order chi connectivity index (χ0) is 17.2. The van der Waals surface area contributed by atoms with Crippen LogP contribution in [-0.2, 0) is 17.9 Å². The molecule has 0 saturated heterocycles. The maximum absolute atomic E-state index is 5.90. The minimum atomic E-state index is 0.648. The van der Waals surface area contributed by atoms with Crippen molar-refractivity contribution in [1.29, 1.82) is 0 Å². The maximum Gasteiger partial charge on any atom is 0.0717 e. The quantitative estimate of drug-likeness (QED) is 0.310. The molecule has 0 spiro atoms. The van der Waals surface area contributed by atoms with Gasteiger partial charge in [0, 0.05) is 37.3 Å². The van der Waals surface area contributed by atoms with E-state index in [9.17, 15) is 0 Å². The van der Waals surface area contributed by atoms with Crippen molar-refractivity contribution in [2.75, 3.05) is 6.61 Å². The summed E-state index contributed by atoms with van der Waals surface area (Å²) in [4.78, 5) is 0. The Morgan fingerprint density at radius 2 is 1.36 bits per heavy atom. The first-order valence-electron chi connectivity index (χ1n) is 8.21. The first-order valence-corrected chi connectivity index (χ1v) is 9.80. The van der Waals surface area contributed by atoms with Gasteiger partial charge in [-0.25, -0.2) is 0 Å². The van der Waals surface area contributed by atoms with E-state index in [1.54, 1.807) is 0 Å². The zero-order valence-corrected chi connectivity index (χ0v) is 16.8. The Balaban J connectivity index is 1.61. The lowest BCUT2D eigenvalue weighted by Crippen LogP contribution is -2.05. The van der Waals surface area contributed by atoms with Gasteiger partial charge in [0.25, 0.3) is 0 Å². The molecule has 0 aliphatic carbocycles. The topological polar surface area (TPSA) is 14.2 Å². The van der Waals surface area contributed by atoms with E-state index in [2.05, 4.69) is 85.0 Å². The molecule has 0 bridgehead atoms. The Morgan fingerprint density at radius 1 is 0.760 bits per heavy atom. The monoisotopic (exact) mass is 457 g/mol. The molecular formula is C21H17Br2NO. The molecule has 0 fully saturated rings. The zero-order valence-electron chi connectivity index (χ0n) is 13.6. The van der Waals surface area contributed by atoms with E-state index >= 15 is 0 Å². The van der Waals surface area contributed by atoms with E-state index in [4.69, 9.17) is 4.74 Å². The molecule has 1 heterocycles.